The van der Waals surface area contributed by atoms with Gasteiger partial charge < -0.3 is 14.6 Å². The summed E-state index contributed by atoms with van der Waals surface area (Å²) >= 11 is 0. The van der Waals surface area contributed by atoms with Crippen molar-refractivity contribution in [1.82, 2.24) is 0 Å². The summed E-state index contributed by atoms with van der Waals surface area (Å²) in [5.41, 5.74) is -5.26. The van der Waals surface area contributed by atoms with Gasteiger partial charge in [0.15, 0.2) is 0 Å². The van der Waals surface area contributed by atoms with Crippen molar-refractivity contribution in [3.05, 3.63) is 0 Å². The molecule has 0 aromatic carbocycles. The van der Waals surface area contributed by atoms with Crippen LogP contribution in [0.5, 0.6) is 0 Å². The predicted molar refractivity (Wildman–Crippen MR) is 84.4 cm³/mol. The highest BCUT2D eigenvalue weighted by atomic mass is 19.4. The number of carbonyl (C=O) groups is 1. The predicted octanol–water partition coefficient (Wildman–Crippen LogP) is 4.70. The Hall–Kier alpha value is -1.31. The number of hydrogen-bond donors (Lipinski definition) is 1. The number of halogens is 10. The van der Waals surface area contributed by atoms with Crippen molar-refractivity contribution in [2.45, 2.75) is 75.3 Å². The molecular weight excluding hydrogens is 470 g/mol. The van der Waals surface area contributed by atoms with Crippen molar-refractivity contribution in [2.75, 3.05) is 0 Å². The van der Waals surface area contributed by atoms with Crippen LogP contribution in [0.3, 0.4) is 0 Å². The molecule has 0 aromatic rings. The van der Waals surface area contributed by atoms with Gasteiger partial charge in [-0.2, -0.15) is 43.9 Å². The fourth-order valence-electron chi connectivity index (χ4n) is 5.14. The van der Waals surface area contributed by atoms with Crippen molar-refractivity contribution < 1.29 is 63.3 Å². The Bertz CT molecular complexity index is 741. The lowest BCUT2D eigenvalue weighted by Gasteiger charge is -2.54. The minimum Gasteiger partial charge on any atom is -0.449 e. The van der Waals surface area contributed by atoms with E-state index in [-0.39, 0.29) is 24.2 Å². The zero-order valence-electron chi connectivity index (χ0n) is 16.8. The summed E-state index contributed by atoms with van der Waals surface area (Å²) in [4.78, 5) is 12.5. The third kappa shape index (κ3) is 3.07. The number of ether oxygens (including phenoxy) is 2. The molecule has 186 valence electrons. The highest BCUT2D eigenvalue weighted by Gasteiger charge is 2.90. The summed E-state index contributed by atoms with van der Waals surface area (Å²) in [6.45, 7) is 2.92. The molecule has 3 aliphatic rings. The van der Waals surface area contributed by atoms with Gasteiger partial charge in [-0.15, -0.1) is 0 Å². The van der Waals surface area contributed by atoms with Crippen LogP contribution in [0, 0.1) is 29.6 Å². The van der Waals surface area contributed by atoms with Crippen LogP contribution in [0.25, 0.3) is 0 Å². The topological polar surface area (TPSA) is 55.8 Å². The fraction of sp³-hybridized carbons (Fsp3) is 0.944. The van der Waals surface area contributed by atoms with Gasteiger partial charge in [0, 0.05) is 0 Å². The maximum absolute atomic E-state index is 14.7. The molecule has 14 heteroatoms. The van der Waals surface area contributed by atoms with E-state index in [0.717, 1.165) is 0 Å². The summed E-state index contributed by atoms with van der Waals surface area (Å²) < 4.78 is 146. The van der Waals surface area contributed by atoms with Crippen molar-refractivity contribution >= 4 is 5.97 Å². The maximum atomic E-state index is 14.7. The minimum atomic E-state index is -6.65. The van der Waals surface area contributed by atoms with Crippen LogP contribution in [-0.2, 0) is 14.3 Å². The van der Waals surface area contributed by atoms with Gasteiger partial charge in [-0.3, -0.25) is 4.79 Å². The zero-order chi connectivity index (χ0) is 24.9. The molecule has 1 heterocycles. The number of alkyl halides is 10. The Kier molecular flexibility index (Phi) is 5.43. The molecule has 8 unspecified atom stereocenters. The summed E-state index contributed by atoms with van der Waals surface area (Å²) in [7, 11) is 0. The first-order valence-electron chi connectivity index (χ1n) is 9.65. The van der Waals surface area contributed by atoms with E-state index in [1.807, 2.05) is 6.92 Å². The minimum absolute atomic E-state index is 0.00937. The monoisotopic (exact) mass is 490 g/mol. The van der Waals surface area contributed by atoms with Crippen molar-refractivity contribution in [3.63, 3.8) is 0 Å². The van der Waals surface area contributed by atoms with E-state index in [2.05, 4.69) is 9.47 Å². The molecule has 2 aliphatic carbocycles. The number of esters is 1. The fourth-order valence-corrected chi connectivity index (χ4v) is 5.14. The summed E-state index contributed by atoms with van der Waals surface area (Å²) in [6, 6.07) is 0. The first kappa shape index (κ1) is 25.3. The Morgan fingerprint density at radius 1 is 0.938 bits per heavy atom. The maximum Gasteiger partial charge on any atom is 0.449 e. The Labute approximate surface area is 175 Å². The molecule has 0 radical (unpaired) electrons. The van der Waals surface area contributed by atoms with Crippen LogP contribution in [0.1, 0.15) is 33.6 Å². The van der Waals surface area contributed by atoms with Gasteiger partial charge in [0.2, 0.25) is 11.7 Å². The Balaban J connectivity index is 2.04. The van der Waals surface area contributed by atoms with Crippen molar-refractivity contribution in [1.29, 1.82) is 0 Å². The van der Waals surface area contributed by atoms with Gasteiger partial charge in [-0.1, -0.05) is 13.8 Å². The third-order valence-electron chi connectivity index (χ3n) is 7.46. The number of rotatable bonds is 2. The standard InChI is InChI=1S/C18H20F10O4/c1-6-7(2)9-4-8(6)5-10(9)11(29)31-12-14(19,20)13(3,17(23,24)25)32-16(30,15(12,21)22)18(26,27)28/h6-10,12,30H,4-5H2,1-3H3. The lowest BCUT2D eigenvalue weighted by molar-refractivity contribution is -0.537. The molecule has 0 spiro atoms. The van der Waals surface area contributed by atoms with E-state index < -0.39 is 66.4 Å². The van der Waals surface area contributed by atoms with Gasteiger partial charge in [0.25, 0.3) is 0 Å². The molecule has 0 aromatic heterocycles. The van der Waals surface area contributed by atoms with Crippen LogP contribution in [0.15, 0.2) is 0 Å². The lowest BCUT2D eigenvalue weighted by atomic mass is 9.75. The number of fused-ring (bicyclic) bond motifs is 2. The molecule has 4 nitrogen and oxygen atoms in total. The molecule has 2 bridgehead atoms. The molecule has 2 saturated carbocycles. The zero-order valence-corrected chi connectivity index (χ0v) is 16.8. The Morgan fingerprint density at radius 3 is 1.88 bits per heavy atom. The van der Waals surface area contributed by atoms with Gasteiger partial charge in [-0.05, 0) is 43.4 Å². The number of carbonyl (C=O) groups excluding carboxylic acids is 1. The number of hydrogen-bond acceptors (Lipinski definition) is 4. The molecule has 3 fully saturated rings. The molecule has 1 aliphatic heterocycles. The van der Waals surface area contributed by atoms with Crippen LogP contribution < -0.4 is 0 Å². The smallest absolute Gasteiger partial charge is 0.449 e. The molecule has 0 amide bonds. The molecule has 1 saturated heterocycles. The summed E-state index contributed by atoms with van der Waals surface area (Å²) in [5.74, 6) is -21.8. The summed E-state index contributed by atoms with van der Waals surface area (Å²) in [5, 5.41) is 9.48. The quantitative estimate of drug-likeness (QED) is 0.451. The first-order chi connectivity index (χ1) is 14.1. The largest absolute Gasteiger partial charge is 0.449 e. The average molecular weight is 490 g/mol. The molecule has 1 N–H and O–H groups in total. The van der Waals surface area contributed by atoms with Crippen LogP contribution in [0.4, 0.5) is 43.9 Å². The highest BCUT2D eigenvalue weighted by Crippen LogP contribution is 2.62. The number of aliphatic hydroxyl groups is 1. The first-order valence-corrected chi connectivity index (χ1v) is 9.65. The van der Waals surface area contributed by atoms with Crippen LogP contribution >= 0.6 is 0 Å². The second-order valence-corrected chi connectivity index (χ2v) is 9.06. The van der Waals surface area contributed by atoms with Gasteiger partial charge >= 0.3 is 36.0 Å². The van der Waals surface area contributed by atoms with Crippen LogP contribution in [0.2, 0.25) is 0 Å². The SMILES string of the molecule is CC1C2CC(C(=O)OC3C(F)(F)C(C)(C(F)(F)F)OC(O)(C(F)(F)F)C3(F)F)C(C2)C1C. The van der Waals surface area contributed by atoms with E-state index in [4.69, 9.17) is 0 Å². The molecule has 32 heavy (non-hydrogen) atoms. The van der Waals surface area contributed by atoms with Gasteiger partial charge in [0.05, 0.1) is 5.92 Å². The van der Waals surface area contributed by atoms with E-state index in [0.29, 0.717) is 6.42 Å². The van der Waals surface area contributed by atoms with Crippen molar-refractivity contribution in [3.8, 4) is 0 Å². The molecule has 8 atom stereocenters. The van der Waals surface area contributed by atoms with E-state index in [1.165, 1.54) is 0 Å². The highest BCUT2D eigenvalue weighted by molar-refractivity contribution is 5.74. The van der Waals surface area contributed by atoms with E-state index >= 15 is 0 Å². The van der Waals surface area contributed by atoms with E-state index in [9.17, 15) is 53.8 Å². The Morgan fingerprint density at radius 2 is 1.47 bits per heavy atom. The van der Waals surface area contributed by atoms with E-state index in [1.54, 1.807) is 6.92 Å². The second-order valence-electron chi connectivity index (χ2n) is 9.06. The average Bonchev–Trinajstić information content (AvgIpc) is 3.16. The van der Waals surface area contributed by atoms with Crippen molar-refractivity contribution in [2.24, 2.45) is 29.6 Å². The lowest BCUT2D eigenvalue weighted by Crippen LogP contribution is -2.82. The molecule has 3 rings (SSSR count). The second kappa shape index (κ2) is 6.86. The van der Waals surface area contributed by atoms with Crippen LogP contribution in [-0.4, -0.2) is 52.8 Å². The van der Waals surface area contributed by atoms with Gasteiger partial charge in [-0.25, -0.2) is 0 Å². The molecular formula is C18H20F10O4. The third-order valence-corrected chi connectivity index (χ3v) is 7.46. The normalized spacial score (nSPS) is 45.7. The summed E-state index contributed by atoms with van der Waals surface area (Å²) in [6.07, 6.45) is -17.2. The van der Waals surface area contributed by atoms with Gasteiger partial charge in [0.1, 0.15) is 0 Å².